The first-order valence-corrected chi connectivity index (χ1v) is 5.29. The second kappa shape index (κ2) is 4.94. The quantitative estimate of drug-likeness (QED) is 0.772. The lowest BCUT2D eigenvalue weighted by Crippen LogP contribution is -2.14. The van der Waals surface area contributed by atoms with Crippen molar-refractivity contribution in [2.45, 2.75) is 0 Å². The van der Waals surface area contributed by atoms with Crippen molar-refractivity contribution in [3.8, 4) is 0 Å². The van der Waals surface area contributed by atoms with Crippen molar-refractivity contribution in [3.05, 3.63) is 34.5 Å². The van der Waals surface area contributed by atoms with Crippen molar-refractivity contribution in [2.24, 2.45) is 0 Å². The summed E-state index contributed by atoms with van der Waals surface area (Å²) in [5.41, 5.74) is 5.26. The van der Waals surface area contributed by atoms with Crippen molar-refractivity contribution < 1.29 is 19.3 Å². The fourth-order valence-electron chi connectivity index (χ4n) is 1.31. The number of nitrogens with zero attached hydrogens (tertiary/aromatic N) is 2. The molecule has 0 unspecified atom stereocenters. The first-order chi connectivity index (χ1) is 8.99. The molecule has 9 heteroatoms. The highest BCUT2D eigenvalue weighted by atomic mass is 35.5. The molecule has 4 N–H and O–H groups in total. The van der Waals surface area contributed by atoms with Gasteiger partial charge in [0.25, 0.3) is 5.91 Å². The lowest BCUT2D eigenvalue weighted by atomic mass is 10.2. The number of aromatic nitrogens is 2. The molecule has 2 rings (SSSR count). The highest BCUT2D eigenvalue weighted by Gasteiger charge is 2.17. The fraction of sp³-hybridized carbons (Fsp3) is 0. The van der Waals surface area contributed by atoms with Crippen molar-refractivity contribution in [2.75, 3.05) is 11.1 Å². The molecule has 1 heterocycles. The number of halogens is 1. The Morgan fingerprint density at radius 3 is 2.68 bits per heavy atom. The largest absolute Gasteiger partial charge is 0.478 e. The van der Waals surface area contributed by atoms with Gasteiger partial charge in [0.05, 0.1) is 10.6 Å². The van der Waals surface area contributed by atoms with E-state index in [2.05, 4.69) is 20.3 Å². The van der Waals surface area contributed by atoms with Gasteiger partial charge in [-0.05, 0) is 28.5 Å². The predicted molar refractivity (Wildman–Crippen MR) is 65.1 cm³/mol. The minimum absolute atomic E-state index is 0.0631. The molecule has 0 bridgehead atoms. The minimum Gasteiger partial charge on any atom is -0.478 e. The van der Waals surface area contributed by atoms with Gasteiger partial charge in [0.1, 0.15) is 0 Å². The van der Waals surface area contributed by atoms with Crippen LogP contribution in [0.2, 0.25) is 5.02 Å². The van der Waals surface area contributed by atoms with Crippen LogP contribution < -0.4 is 11.1 Å². The Morgan fingerprint density at radius 2 is 2.11 bits per heavy atom. The third kappa shape index (κ3) is 2.63. The molecule has 0 aliphatic heterocycles. The monoisotopic (exact) mass is 282 g/mol. The summed E-state index contributed by atoms with van der Waals surface area (Å²) >= 11 is 5.70. The average molecular weight is 283 g/mol. The van der Waals surface area contributed by atoms with E-state index in [1.807, 2.05) is 0 Å². The second-order valence-electron chi connectivity index (χ2n) is 3.45. The molecule has 0 atom stereocenters. The molecule has 0 saturated carbocycles. The minimum atomic E-state index is -1.20. The van der Waals surface area contributed by atoms with Gasteiger partial charge in [0.2, 0.25) is 11.5 Å². The van der Waals surface area contributed by atoms with Gasteiger partial charge in [-0.2, -0.15) is 0 Å². The molecular formula is C10H7ClN4O4. The molecule has 0 fully saturated rings. The van der Waals surface area contributed by atoms with Gasteiger partial charge in [-0.3, -0.25) is 4.79 Å². The van der Waals surface area contributed by atoms with Crippen LogP contribution in [0.25, 0.3) is 0 Å². The first-order valence-electron chi connectivity index (χ1n) is 4.91. The molecule has 0 spiro atoms. The normalized spacial score (nSPS) is 10.2. The standard InChI is InChI=1S/C10H7ClN4O4/c11-6-2-1-4(3-5(6)10(17)18)13-9(16)7-8(12)15-19-14-7/h1-3H,(H2,12,15)(H,13,16)(H,17,18). The van der Waals surface area contributed by atoms with Crippen LogP contribution in [-0.4, -0.2) is 27.3 Å². The van der Waals surface area contributed by atoms with E-state index in [-0.39, 0.29) is 27.8 Å². The fourth-order valence-corrected chi connectivity index (χ4v) is 1.51. The van der Waals surface area contributed by atoms with E-state index in [0.29, 0.717) is 0 Å². The van der Waals surface area contributed by atoms with Crippen LogP contribution in [0.3, 0.4) is 0 Å². The van der Waals surface area contributed by atoms with Gasteiger partial charge in [-0.15, -0.1) is 0 Å². The molecule has 1 aromatic heterocycles. The summed E-state index contributed by atoms with van der Waals surface area (Å²) in [6.07, 6.45) is 0. The first kappa shape index (κ1) is 12.8. The number of carbonyl (C=O) groups excluding carboxylic acids is 1. The third-order valence-electron chi connectivity index (χ3n) is 2.18. The number of nitrogens with two attached hydrogens (primary N) is 1. The van der Waals surface area contributed by atoms with Crippen molar-refractivity contribution in [1.82, 2.24) is 10.3 Å². The molecule has 1 amide bonds. The van der Waals surface area contributed by atoms with Gasteiger partial charge in [0, 0.05) is 5.69 Å². The summed E-state index contributed by atoms with van der Waals surface area (Å²) in [5.74, 6) is -2.04. The summed E-state index contributed by atoms with van der Waals surface area (Å²) in [6, 6.07) is 4.01. The van der Waals surface area contributed by atoms with Crippen molar-refractivity contribution in [1.29, 1.82) is 0 Å². The van der Waals surface area contributed by atoms with Gasteiger partial charge >= 0.3 is 5.97 Å². The molecule has 19 heavy (non-hydrogen) atoms. The molecular weight excluding hydrogens is 276 g/mol. The number of amides is 1. The molecule has 98 valence electrons. The van der Waals surface area contributed by atoms with Gasteiger partial charge < -0.3 is 16.2 Å². The van der Waals surface area contributed by atoms with Gasteiger partial charge in [-0.1, -0.05) is 11.6 Å². The Morgan fingerprint density at radius 1 is 1.37 bits per heavy atom. The average Bonchev–Trinajstić information content (AvgIpc) is 2.77. The Bertz CT molecular complexity index is 655. The number of hydrogen-bond donors (Lipinski definition) is 3. The number of nitrogen functional groups attached to an aromatic ring is 1. The summed E-state index contributed by atoms with van der Waals surface area (Å²) in [6.45, 7) is 0. The lowest BCUT2D eigenvalue weighted by molar-refractivity contribution is 0.0696. The zero-order valence-electron chi connectivity index (χ0n) is 9.25. The zero-order chi connectivity index (χ0) is 14.0. The molecule has 0 radical (unpaired) electrons. The van der Waals surface area contributed by atoms with Gasteiger partial charge in [0.15, 0.2) is 0 Å². The van der Waals surface area contributed by atoms with Crippen LogP contribution in [0.5, 0.6) is 0 Å². The molecule has 2 aromatic rings. The highest BCUT2D eigenvalue weighted by molar-refractivity contribution is 6.33. The Balaban J connectivity index is 2.25. The van der Waals surface area contributed by atoms with E-state index >= 15 is 0 Å². The third-order valence-corrected chi connectivity index (χ3v) is 2.51. The van der Waals surface area contributed by atoms with Crippen LogP contribution in [-0.2, 0) is 0 Å². The number of benzene rings is 1. The smallest absolute Gasteiger partial charge is 0.337 e. The molecule has 0 saturated heterocycles. The number of carboxylic acid groups (broad SMARTS) is 1. The Kier molecular flexibility index (Phi) is 3.34. The van der Waals surface area contributed by atoms with E-state index in [1.54, 1.807) is 0 Å². The Hall–Kier alpha value is -2.61. The summed E-state index contributed by atoms with van der Waals surface area (Å²) < 4.78 is 4.28. The Labute approximate surface area is 111 Å². The molecule has 1 aromatic carbocycles. The maximum absolute atomic E-state index is 11.7. The maximum Gasteiger partial charge on any atom is 0.337 e. The molecule has 8 nitrogen and oxygen atoms in total. The van der Waals surface area contributed by atoms with Crippen LogP contribution in [0.4, 0.5) is 11.5 Å². The predicted octanol–water partition coefficient (Wildman–Crippen LogP) is 1.26. The topological polar surface area (TPSA) is 131 Å². The van der Waals surface area contributed by atoms with E-state index < -0.39 is 11.9 Å². The number of carboxylic acids is 1. The zero-order valence-corrected chi connectivity index (χ0v) is 10.0. The molecule has 0 aliphatic rings. The summed E-state index contributed by atoms with van der Waals surface area (Å²) in [5, 5.41) is 17.9. The highest BCUT2D eigenvalue weighted by Crippen LogP contribution is 2.21. The van der Waals surface area contributed by atoms with E-state index in [4.69, 9.17) is 22.4 Å². The summed E-state index contributed by atoms with van der Waals surface area (Å²) in [7, 11) is 0. The number of hydrogen-bond acceptors (Lipinski definition) is 6. The van der Waals surface area contributed by atoms with Crippen LogP contribution in [0.15, 0.2) is 22.8 Å². The van der Waals surface area contributed by atoms with Crippen LogP contribution >= 0.6 is 11.6 Å². The van der Waals surface area contributed by atoms with Crippen LogP contribution in [0.1, 0.15) is 20.8 Å². The van der Waals surface area contributed by atoms with Crippen molar-refractivity contribution in [3.63, 3.8) is 0 Å². The summed E-state index contributed by atoms with van der Waals surface area (Å²) in [4.78, 5) is 22.6. The van der Waals surface area contributed by atoms with E-state index in [9.17, 15) is 9.59 Å². The number of anilines is 2. The lowest BCUT2D eigenvalue weighted by Gasteiger charge is -2.05. The van der Waals surface area contributed by atoms with E-state index in [1.165, 1.54) is 18.2 Å². The van der Waals surface area contributed by atoms with Crippen molar-refractivity contribution >= 4 is 35.0 Å². The second-order valence-corrected chi connectivity index (χ2v) is 3.86. The van der Waals surface area contributed by atoms with Gasteiger partial charge in [-0.25, -0.2) is 9.42 Å². The number of nitrogens with one attached hydrogen (secondary N) is 1. The van der Waals surface area contributed by atoms with Crippen LogP contribution in [0, 0.1) is 0 Å². The van der Waals surface area contributed by atoms with E-state index in [0.717, 1.165) is 0 Å². The number of rotatable bonds is 3. The molecule has 0 aliphatic carbocycles. The number of aromatic carboxylic acids is 1. The maximum atomic E-state index is 11.7. The SMILES string of the molecule is Nc1nonc1C(=O)Nc1ccc(Cl)c(C(=O)O)c1. The number of carbonyl (C=O) groups is 2.